The molecule has 1 aliphatic heterocycles. The van der Waals surface area contributed by atoms with E-state index in [1.54, 1.807) is 4.57 Å². The minimum Gasteiger partial charge on any atom is -0.386 e. The molecular formula is C13H17N3O5. The van der Waals surface area contributed by atoms with Gasteiger partial charge in [-0.1, -0.05) is 0 Å². The lowest BCUT2D eigenvalue weighted by atomic mass is 10.0. The maximum absolute atomic E-state index is 12.2. The highest BCUT2D eigenvalue weighted by atomic mass is 16.6. The maximum Gasteiger partial charge on any atom is 0.287 e. The van der Waals surface area contributed by atoms with E-state index in [2.05, 4.69) is 5.32 Å². The minimum absolute atomic E-state index is 0.0788. The maximum atomic E-state index is 12.2. The summed E-state index contributed by atoms with van der Waals surface area (Å²) in [6.07, 6.45) is 3.71. The van der Waals surface area contributed by atoms with Crippen molar-refractivity contribution in [2.24, 2.45) is 0 Å². The topological polar surface area (TPSA) is 107 Å². The molecule has 1 aromatic rings. The summed E-state index contributed by atoms with van der Waals surface area (Å²) < 4.78 is 6.77. The molecule has 8 nitrogen and oxygen atoms in total. The molecule has 2 aliphatic rings. The van der Waals surface area contributed by atoms with Crippen LogP contribution in [-0.2, 0) is 4.74 Å². The van der Waals surface area contributed by atoms with Gasteiger partial charge in [-0.2, -0.15) is 0 Å². The first-order chi connectivity index (χ1) is 9.98. The Hall–Kier alpha value is -1.93. The van der Waals surface area contributed by atoms with Crippen LogP contribution in [0.1, 0.15) is 35.8 Å². The predicted molar refractivity (Wildman–Crippen MR) is 72.1 cm³/mol. The molecule has 3 rings (SSSR count). The quantitative estimate of drug-likeness (QED) is 0.611. The van der Waals surface area contributed by atoms with E-state index in [-0.39, 0.29) is 30.6 Å². The number of aromatic nitrogens is 1. The molecule has 8 heteroatoms. The van der Waals surface area contributed by atoms with Crippen LogP contribution in [-0.4, -0.2) is 45.9 Å². The molecule has 21 heavy (non-hydrogen) atoms. The second kappa shape index (κ2) is 5.12. The first-order valence-electron chi connectivity index (χ1n) is 6.93. The van der Waals surface area contributed by atoms with Gasteiger partial charge in [-0.15, -0.1) is 0 Å². The number of nitro groups is 1. The molecule has 0 radical (unpaired) electrons. The molecular weight excluding hydrogens is 278 g/mol. The predicted octanol–water partition coefficient (Wildman–Crippen LogP) is 0.612. The van der Waals surface area contributed by atoms with Gasteiger partial charge < -0.3 is 19.7 Å². The van der Waals surface area contributed by atoms with Crippen molar-refractivity contribution in [3.05, 3.63) is 28.1 Å². The Labute approximate surface area is 120 Å². The average molecular weight is 295 g/mol. The Morgan fingerprint density at radius 2 is 2.38 bits per heavy atom. The highest BCUT2D eigenvalue weighted by molar-refractivity contribution is 5.93. The number of carbonyl (C=O) groups excluding carboxylic acids is 1. The number of hydrogen-bond donors (Lipinski definition) is 2. The van der Waals surface area contributed by atoms with Gasteiger partial charge in [0.25, 0.3) is 11.6 Å². The monoisotopic (exact) mass is 295 g/mol. The van der Waals surface area contributed by atoms with E-state index < -0.39 is 16.4 Å². The van der Waals surface area contributed by atoms with Crippen LogP contribution in [0.4, 0.5) is 5.69 Å². The summed E-state index contributed by atoms with van der Waals surface area (Å²) >= 11 is 0. The summed E-state index contributed by atoms with van der Waals surface area (Å²) in [5.74, 6) is -0.407. The van der Waals surface area contributed by atoms with Crippen molar-refractivity contribution in [3.8, 4) is 0 Å². The van der Waals surface area contributed by atoms with Crippen molar-refractivity contribution in [1.29, 1.82) is 0 Å². The van der Waals surface area contributed by atoms with E-state index in [0.29, 0.717) is 13.0 Å². The Morgan fingerprint density at radius 1 is 1.62 bits per heavy atom. The van der Waals surface area contributed by atoms with Gasteiger partial charge in [0.15, 0.2) is 0 Å². The molecule has 1 amide bonds. The van der Waals surface area contributed by atoms with E-state index in [9.17, 15) is 20.0 Å². The summed E-state index contributed by atoms with van der Waals surface area (Å²) in [6, 6.07) is 1.44. The zero-order valence-corrected chi connectivity index (χ0v) is 11.4. The lowest BCUT2D eigenvalue weighted by Gasteiger charge is -2.20. The molecule has 114 valence electrons. The first-order valence-corrected chi connectivity index (χ1v) is 6.93. The number of nitrogens with one attached hydrogen (secondary N) is 1. The van der Waals surface area contributed by atoms with Crippen LogP contribution in [0.25, 0.3) is 0 Å². The third-order valence-electron chi connectivity index (χ3n) is 3.88. The van der Waals surface area contributed by atoms with Crippen LogP contribution in [0.3, 0.4) is 0 Å². The molecule has 1 atom stereocenters. The molecule has 1 saturated heterocycles. The van der Waals surface area contributed by atoms with Crippen molar-refractivity contribution in [2.75, 3.05) is 19.8 Å². The van der Waals surface area contributed by atoms with Crippen molar-refractivity contribution in [3.63, 3.8) is 0 Å². The number of rotatable bonds is 5. The number of carbonyl (C=O) groups is 1. The number of amides is 1. The fourth-order valence-corrected chi connectivity index (χ4v) is 2.47. The Bertz CT molecular complexity index is 572. The number of aliphatic hydroxyl groups is 1. The molecule has 2 N–H and O–H groups in total. The van der Waals surface area contributed by atoms with Crippen molar-refractivity contribution >= 4 is 11.6 Å². The molecule has 2 heterocycles. The second-order valence-corrected chi connectivity index (χ2v) is 5.69. The van der Waals surface area contributed by atoms with Gasteiger partial charge in [0.1, 0.15) is 11.3 Å². The number of nitrogens with zero attached hydrogens (tertiary/aromatic N) is 2. The molecule has 0 bridgehead atoms. The third-order valence-corrected chi connectivity index (χ3v) is 3.88. The van der Waals surface area contributed by atoms with Gasteiger partial charge in [0.05, 0.1) is 17.7 Å². The van der Waals surface area contributed by atoms with Gasteiger partial charge in [0.2, 0.25) is 0 Å². The standard InChI is InChI=1S/C13H17N3O5/c17-12(14-7-13(18)3-4-21-8-13)11-5-10(16(19)20)6-15(11)9-1-2-9/h5-6,9,18H,1-4,7-8H2,(H,14,17). The highest BCUT2D eigenvalue weighted by Gasteiger charge is 2.34. The van der Waals surface area contributed by atoms with E-state index in [1.165, 1.54) is 12.3 Å². The van der Waals surface area contributed by atoms with Gasteiger partial charge in [0, 0.05) is 31.7 Å². The van der Waals surface area contributed by atoms with Gasteiger partial charge >= 0.3 is 0 Å². The van der Waals surface area contributed by atoms with Crippen LogP contribution in [0.5, 0.6) is 0 Å². The summed E-state index contributed by atoms with van der Waals surface area (Å²) in [6.45, 7) is 0.739. The second-order valence-electron chi connectivity index (χ2n) is 5.69. The highest BCUT2D eigenvalue weighted by Crippen LogP contribution is 2.37. The van der Waals surface area contributed by atoms with Crippen LogP contribution < -0.4 is 5.32 Å². The molecule has 1 aliphatic carbocycles. The lowest BCUT2D eigenvalue weighted by molar-refractivity contribution is -0.384. The van der Waals surface area contributed by atoms with E-state index >= 15 is 0 Å². The largest absolute Gasteiger partial charge is 0.386 e. The zero-order chi connectivity index (χ0) is 15.0. The molecule has 0 aromatic carbocycles. The normalized spacial score (nSPS) is 25.0. The summed E-state index contributed by atoms with van der Waals surface area (Å²) in [5.41, 5.74) is -0.861. The van der Waals surface area contributed by atoms with E-state index in [1.807, 2.05) is 0 Å². The smallest absolute Gasteiger partial charge is 0.287 e. The minimum atomic E-state index is -1.04. The summed E-state index contributed by atoms with van der Waals surface area (Å²) in [7, 11) is 0. The summed E-state index contributed by atoms with van der Waals surface area (Å²) in [4.78, 5) is 22.6. The van der Waals surface area contributed by atoms with Crippen molar-refractivity contribution in [1.82, 2.24) is 9.88 Å². The molecule has 2 fully saturated rings. The van der Waals surface area contributed by atoms with Gasteiger partial charge in [-0.05, 0) is 12.8 Å². The van der Waals surface area contributed by atoms with Crippen LogP contribution >= 0.6 is 0 Å². The third kappa shape index (κ3) is 2.91. The van der Waals surface area contributed by atoms with Crippen molar-refractivity contribution in [2.45, 2.75) is 30.9 Å². The van der Waals surface area contributed by atoms with Crippen LogP contribution in [0, 0.1) is 10.1 Å². The molecule has 1 aromatic heterocycles. The fourth-order valence-electron chi connectivity index (χ4n) is 2.47. The van der Waals surface area contributed by atoms with Crippen molar-refractivity contribution < 1.29 is 19.6 Å². The Balaban J connectivity index is 1.72. The molecule has 1 saturated carbocycles. The Kier molecular flexibility index (Phi) is 3.42. The van der Waals surface area contributed by atoms with E-state index in [4.69, 9.17) is 4.74 Å². The number of ether oxygens (including phenoxy) is 1. The van der Waals surface area contributed by atoms with Crippen LogP contribution in [0.15, 0.2) is 12.3 Å². The zero-order valence-electron chi connectivity index (χ0n) is 11.4. The van der Waals surface area contributed by atoms with Crippen LogP contribution in [0.2, 0.25) is 0 Å². The molecule has 1 unspecified atom stereocenters. The fraction of sp³-hybridized carbons (Fsp3) is 0.615. The lowest BCUT2D eigenvalue weighted by Crippen LogP contribution is -2.43. The van der Waals surface area contributed by atoms with Gasteiger partial charge in [-0.3, -0.25) is 14.9 Å². The Morgan fingerprint density at radius 3 is 2.95 bits per heavy atom. The molecule has 0 spiro atoms. The van der Waals surface area contributed by atoms with E-state index in [0.717, 1.165) is 12.8 Å². The van der Waals surface area contributed by atoms with Gasteiger partial charge in [-0.25, -0.2) is 0 Å². The SMILES string of the molecule is O=C(NCC1(O)CCOC1)c1cc([N+](=O)[O-])cn1C1CC1. The first kappa shape index (κ1) is 14.0. The average Bonchev–Trinajstić information content (AvgIpc) is 3.04. The summed E-state index contributed by atoms with van der Waals surface area (Å²) in [5, 5.41) is 23.6. The number of hydrogen-bond acceptors (Lipinski definition) is 5.